The second-order valence-corrected chi connectivity index (χ2v) is 6.83. The zero-order valence-electron chi connectivity index (χ0n) is 14.1. The van der Waals surface area contributed by atoms with Crippen LogP contribution in [0, 0.1) is 0 Å². The molecule has 7 heteroatoms. The van der Waals surface area contributed by atoms with E-state index in [0.717, 1.165) is 10.9 Å². The highest BCUT2D eigenvalue weighted by atomic mass is 79.9. The van der Waals surface area contributed by atoms with E-state index in [1.54, 1.807) is 37.4 Å². The minimum Gasteiger partial charge on any atom is -0.496 e. The van der Waals surface area contributed by atoms with Crippen LogP contribution in [-0.4, -0.2) is 20.3 Å². The van der Waals surface area contributed by atoms with E-state index in [1.165, 1.54) is 6.07 Å². The van der Waals surface area contributed by atoms with Crippen molar-refractivity contribution in [3.63, 3.8) is 0 Å². The number of fused-ring (bicyclic) bond motifs is 1. The zero-order chi connectivity index (χ0) is 18.7. The molecule has 1 aromatic heterocycles. The van der Waals surface area contributed by atoms with Gasteiger partial charge in [-0.25, -0.2) is 0 Å². The molecule has 0 fully saturated rings. The topological polar surface area (TPSA) is 74.7 Å². The molecule has 0 aliphatic heterocycles. The fraction of sp³-hybridized carbons (Fsp3) is 0.211. The van der Waals surface area contributed by atoms with Crippen molar-refractivity contribution in [1.82, 2.24) is 0 Å². The Bertz CT molecular complexity index is 1000. The van der Waals surface area contributed by atoms with Crippen molar-refractivity contribution in [1.29, 1.82) is 0 Å². The van der Waals surface area contributed by atoms with Crippen molar-refractivity contribution in [2.75, 3.05) is 20.3 Å². The number of benzene rings is 2. The van der Waals surface area contributed by atoms with Crippen molar-refractivity contribution in [2.24, 2.45) is 5.73 Å². The molecule has 2 aromatic carbocycles. The van der Waals surface area contributed by atoms with E-state index < -0.39 is 0 Å². The molecule has 0 saturated carbocycles. The number of para-hydroxylation sites is 1. The minimum absolute atomic E-state index is 0.181. The van der Waals surface area contributed by atoms with Gasteiger partial charge in [-0.2, -0.15) is 0 Å². The Hall–Kier alpha value is -2.02. The lowest BCUT2D eigenvalue weighted by Crippen LogP contribution is -2.06. The lowest BCUT2D eigenvalue weighted by Gasteiger charge is -2.14. The number of nitrogens with two attached hydrogens (primary N) is 1. The second-order valence-electron chi connectivity index (χ2n) is 5.57. The zero-order valence-corrected chi connectivity index (χ0v) is 16.4. The molecule has 0 amide bonds. The van der Waals surface area contributed by atoms with Crippen LogP contribution < -0.4 is 20.6 Å². The molecule has 136 valence electrons. The summed E-state index contributed by atoms with van der Waals surface area (Å²) in [6.07, 6.45) is 0.731. The van der Waals surface area contributed by atoms with Gasteiger partial charge in [-0.15, -0.1) is 0 Å². The Morgan fingerprint density at radius 1 is 1.23 bits per heavy atom. The Balaban J connectivity index is 2.16. The summed E-state index contributed by atoms with van der Waals surface area (Å²) < 4.78 is 17.8. The van der Waals surface area contributed by atoms with Crippen molar-refractivity contribution >= 4 is 38.5 Å². The summed E-state index contributed by atoms with van der Waals surface area (Å²) in [6.45, 7) is 1.02. The highest BCUT2D eigenvalue weighted by molar-refractivity contribution is 9.10. The Labute approximate surface area is 163 Å². The summed E-state index contributed by atoms with van der Waals surface area (Å²) in [7, 11) is 1.55. The van der Waals surface area contributed by atoms with Crippen molar-refractivity contribution in [3.05, 3.63) is 56.1 Å². The predicted molar refractivity (Wildman–Crippen MR) is 106 cm³/mol. The van der Waals surface area contributed by atoms with Gasteiger partial charge in [0.05, 0.1) is 34.2 Å². The summed E-state index contributed by atoms with van der Waals surface area (Å²) in [5.74, 6) is 1.50. The van der Waals surface area contributed by atoms with Gasteiger partial charge in [-0.05, 0) is 53.2 Å². The normalized spacial score (nSPS) is 10.9. The molecular formula is C19H17BrClNO4. The van der Waals surface area contributed by atoms with E-state index >= 15 is 0 Å². The number of methoxy groups -OCH3 is 1. The van der Waals surface area contributed by atoms with Gasteiger partial charge < -0.3 is 19.6 Å². The fourth-order valence-corrected chi connectivity index (χ4v) is 3.20. The van der Waals surface area contributed by atoms with Gasteiger partial charge in [-0.3, -0.25) is 4.79 Å². The van der Waals surface area contributed by atoms with E-state index in [0.29, 0.717) is 52.0 Å². The van der Waals surface area contributed by atoms with Crippen LogP contribution in [0.1, 0.15) is 6.42 Å². The molecule has 1 heterocycles. The van der Waals surface area contributed by atoms with E-state index in [-0.39, 0.29) is 5.43 Å². The first-order valence-electron chi connectivity index (χ1n) is 7.98. The van der Waals surface area contributed by atoms with Crippen LogP contribution in [-0.2, 0) is 0 Å². The Morgan fingerprint density at radius 2 is 2.04 bits per heavy atom. The highest BCUT2D eigenvalue weighted by Gasteiger charge is 2.16. The van der Waals surface area contributed by atoms with Gasteiger partial charge in [0.1, 0.15) is 17.3 Å². The molecule has 0 aliphatic carbocycles. The number of ether oxygens (including phenoxy) is 2. The number of hydrogen-bond acceptors (Lipinski definition) is 5. The van der Waals surface area contributed by atoms with Gasteiger partial charge >= 0.3 is 0 Å². The molecule has 0 bridgehead atoms. The van der Waals surface area contributed by atoms with E-state index in [2.05, 4.69) is 15.9 Å². The quantitative estimate of drug-likeness (QED) is 0.569. The molecule has 0 unspecified atom stereocenters. The molecule has 0 spiro atoms. The molecular weight excluding hydrogens is 422 g/mol. The van der Waals surface area contributed by atoms with Gasteiger partial charge in [0.2, 0.25) is 0 Å². The maximum Gasteiger partial charge on any atom is 0.193 e. The molecule has 26 heavy (non-hydrogen) atoms. The SMILES string of the molecule is COc1cc(Br)c(OCCCN)cc1-c1cc(=O)c2cccc(Cl)c2o1. The third kappa shape index (κ3) is 3.72. The van der Waals surface area contributed by atoms with Crippen LogP contribution in [0.3, 0.4) is 0 Å². The first-order valence-corrected chi connectivity index (χ1v) is 9.15. The lowest BCUT2D eigenvalue weighted by molar-refractivity contribution is 0.310. The Morgan fingerprint density at radius 3 is 2.77 bits per heavy atom. The maximum absolute atomic E-state index is 12.5. The standard InChI is InChI=1S/C19H17BrClNO4/c1-24-16-9-13(20)18(25-7-3-6-22)8-12(16)17-10-15(23)11-4-2-5-14(21)19(11)26-17/h2,4-5,8-10H,3,6-7,22H2,1H3. The van der Waals surface area contributed by atoms with Crippen LogP contribution in [0.15, 0.2) is 50.1 Å². The first kappa shape index (κ1) is 18.8. The summed E-state index contributed by atoms with van der Waals surface area (Å²) in [4.78, 5) is 12.5. The number of hydrogen-bond donors (Lipinski definition) is 1. The number of halogens is 2. The highest BCUT2D eigenvalue weighted by Crippen LogP contribution is 2.39. The molecule has 0 saturated heterocycles. The van der Waals surface area contributed by atoms with Crippen LogP contribution in [0.5, 0.6) is 11.5 Å². The van der Waals surface area contributed by atoms with E-state index in [9.17, 15) is 4.79 Å². The molecule has 5 nitrogen and oxygen atoms in total. The molecule has 3 aromatic rings. The molecule has 0 aliphatic rings. The average molecular weight is 439 g/mol. The van der Waals surface area contributed by atoms with Crippen molar-refractivity contribution < 1.29 is 13.9 Å². The van der Waals surface area contributed by atoms with Gasteiger partial charge in [0, 0.05) is 6.07 Å². The fourth-order valence-electron chi connectivity index (χ4n) is 2.55. The first-order chi connectivity index (χ1) is 12.5. The lowest BCUT2D eigenvalue weighted by atomic mass is 10.1. The third-order valence-corrected chi connectivity index (χ3v) is 4.75. The monoisotopic (exact) mass is 437 g/mol. The summed E-state index contributed by atoms with van der Waals surface area (Å²) in [5.41, 5.74) is 6.26. The largest absolute Gasteiger partial charge is 0.496 e. The number of rotatable bonds is 6. The van der Waals surface area contributed by atoms with Crippen LogP contribution in [0.25, 0.3) is 22.3 Å². The minimum atomic E-state index is -0.181. The van der Waals surface area contributed by atoms with Gasteiger partial charge in [0.25, 0.3) is 0 Å². The predicted octanol–water partition coefficient (Wildman–Crippen LogP) is 4.61. The molecule has 0 atom stereocenters. The summed E-state index contributed by atoms with van der Waals surface area (Å²) in [6, 6.07) is 10.0. The van der Waals surface area contributed by atoms with E-state index in [4.69, 9.17) is 31.2 Å². The van der Waals surface area contributed by atoms with Crippen molar-refractivity contribution in [3.8, 4) is 22.8 Å². The second kappa shape index (κ2) is 8.12. The third-order valence-electron chi connectivity index (χ3n) is 3.83. The summed E-state index contributed by atoms with van der Waals surface area (Å²) in [5, 5.41) is 0.800. The van der Waals surface area contributed by atoms with E-state index in [1.807, 2.05) is 0 Å². The van der Waals surface area contributed by atoms with Crippen LogP contribution in [0.2, 0.25) is 5.02 Å². The maximum atomic E-state index is 12.5. The van der Waals surface area contributed by atoms with Gasteiger partial charge in [0.15, 0.2) is 11.0 Å². The average Bonchev–Trinajstić information content (AvgIpc) is 2.63. The molecule has 3 rings (SSSR count). The summed E-state index contributed by atoms with van der Waals surface area (Å²) >= 11 is 9.66. The Kier molecular flexibility index (Phi) is 5.86. The van der Waals surface area contributed by atoms with Crippen LogP contribution in [0.4, 0.5) is 0 Å². The molecule has 0 radical (unpaired) electrons. The van der Waals surface area contributed by atoms with Crippen LogP contribution >= 0.6 is 27.5 Å². The smallest absolute Gasteiger partial charge is 0.193 e. The molecule has 2 N–H and O–H groups in total. The van der Waals surface area contributed by atoms with Gasteiger partial charge in [-0.1, -0.05) is 17.7 Å². The van der Waals surface area contributed by atoms with Crippen molar-refractivity contribution in [2.45, 2.75) is 6.42 Å².